The normalized spacial score (nSPS) is 37.9. The molecule has 0 aromatic rings. The van der Waals surface area contributed by atoms with Gasteiger partial charge in [-0.15, -0.1) is 6.58 Å². The SMILES string of the molecule is C=CC1OC1CC. The Labute approximate surface area is 44.0 Å². The van der Waals surface area contributed by atoms with Crippen molar-refractivity contribution in [1.82, 2.24) is 0 Å². The summed E-state index contributed by atoms with van der Waals surface area (Å²) in [6.07, 6.45) is 3.85. The Morgan fingerprint density at radius 1 is 1.86 bits per heavy atom. The molecular weight excluding hydrogens is 88.1 g/mol. The lowest BCUT2D eigenvalue weighted by Gasteiger charge is -1.73. The minimum absolute atomic E-state index is 0.380. The van der Waals surface area contributed by atoms with E-state index in [0.717, 1.165) is 6.42 Å². The third kappa shape index (κ3) is 0.829. The number of hydrogen-bond donors (Lipinski definition) is 0. The van der Waals surface area contributed by atoms with Crippen LogP contribution < -0.4 is 0 Å². The number of hydrogen-bond acceptors (Lipinski definition) is 1. The monoisotopic (exact) mass is 98.1 g/mol. The zero-order valence-electron chi connectivity index (χ0n) is 4.55. The quantitative estimate of drug-likeness (QED) is 0.375. The average molecular weight is 98.1 g/mol. The van der Waals surface area contributed by atoms with Crippen LogP contribution in [0.2, 0.25) is 0 Å². The summed E-state index contributed by atoms with van der Waals surface area (Å²) in [5.74, 6) is 0. The van der Waals surface area contributed by atoms with E-state index in [1.165, 1.54) is 0 Å². The van der Waals surface area contributed by atoms with Crippen molar-refractivity contribution in [3.8, 4) is 0 Å². The van der Waals surface area contributed by atoms with Gasteiger partial charge in [-0.05, 0) is 6.42 Å². The van der Waals surface area contributed by atoms with Gasteiger partial charge in [0.15, 0.2) is 0 Å². The molecule has 0 N–H and O–H groups in total. The molecule has 1 heterocycles. The van der Waals surface area contributed by atoms with Gasteiger partial charge in [-0.25, -0.2) is 0 Å². The fourth-order valence-electron chi connectivity index (χ4n) is 0.692. The van der Waals surface area contributed by atoms with E-state index in [-0.39, 0.29) is 0 Å². The van der Waals surface area contributed by atoms with Crippen molar-refractivity contribution >= 4 is 0 Å². The number of epoxide rings is 1. The summed E-state index contributed by atoms with van der Waals surface area (Å²) >= 11 is 0. The highest BCUT2D eigenvalue weighted by Gasteiger charge is 2.33. The highest BCUT2D eigenvalue weighted by molar-refractivity contribution is 4.96. The van der Waals surface area contributed by atoms with Crippen LogP contribution in [0.25, 0.3) is 0 Å². The van der Waals surface area contributed by atoms with Gasteiger partial charge in [0.05, 0.1) is 6.10 Å². The predicted molar refractivity (Wildman–Crippen MR) is 29.1 cm³/mol. The molecule has 0 aromatic heterocycles. The highest BCUT2D eigenvalue weighted by atomic mass is 16.6. The van der Waals surface area contributed by atoms with Crippen molar-refractivity contribution in [2.45, 2.75) is 25.6 Å². The van der Waals surface area contributed by atoms with Crippen LogP contribution in [0.1, 0.15) is 13.3 Å². The van der Waals surface area contributed by atoms with Gasteiger partial charge in [0.1, 0.15) is 6.10 Å². The second-order valence-corrected chi connectivity index (χ2v) is 1.78. The molecule has 1 aliphatic heterocycles. The maximum atomic E-state index is 5.10. The van der Waals surface area contributed by atoms with E-state index in [0.29, 0.717) is 12.2 Å². The van der Waals surface area contributed by atoms with Gasteiger partial charge >= 0.3 is 0 Å². The van der Waals surface area contributed by atoms with Crippen LogP contribution in [0, 0.1) is 0 Å². The summed E-state index contributed by atoms with van der Waals surface area (Å²) in [6.45, 7) is 5.72. The molecule has 0 saturated carbocycles. The Hall–Kier alpha value is -0.300. The van der Waals surface area contributed by atoms with Gasteiger partial charge in [0.25, 0.3) is 0 Å². The molecule has 0 bridgehead atoms. The van der Waals surface area contributed by atoms with Gasteiger partial charge in [-0.1, -0.05) is 13.0 Å². The zero-order chi connectivity index (χ0) is 5.28. The summed E-state index contributed by atoms with van der Waals surface area (Å²) in [5, 5.41) is 0. The summed E-state index contributed by atoms with van der Waals surface area (Å²) in [5.41, 5.74) is 0. The minimum Gasteiger partial charge on any atom is -0.365 e. The van der Waals surface area contributed by atoms with Crippen molar-refractivity contribution < 1.29 is 4.74 Å². The van der Waals surface area contributed by atoms with Crippen LogP contribution >= 0.6 is 0 Å². The average Bonchev–Trinajstić information content (AvgIpc) is 2.43. The summed E-state index contributed by atoms with van der Waals surface area (Å²) in [6, 6.07) is 0. The summed E-state index contributed by atoms with van der Waals surface area (Å²) < 4.78 is 5.10. The molecule has 0 amide bonds. The van der Waals surface area contributed by atoms with Crippen molar-refractivity contribution in [3.63, 3.8) is 0 Å². The second kappa shape index (κ2) is 1.66. The predicted octanol–water partition coefficient (Wildman–Crippen LogP) is 1.35. The van der Waals surface area contributed by atoms with Crippen molar-refractivity contribution in [2.75, 3.05) is 0 Å². The Bertz CT molecular complexity index is 78.2. The van der Waals surface area contributed by atoms with Crippen LogP contribution in [0.3, 0.4) is 0 Å². The second-order valence-electron chi connectivity index (χ2n) is 1.78. The van der Waals surface area contributed by atoms with Gasteiger partial charge in [0.2, 0.25) is 0 Å². The number of rotatable bonds is 2. The van der Waals surface area contributed by atoms with Crippen LogP contribution in [0.5, 0.6) is 0 Å². The van der Waals surface area contributed by atoms with E-state index in [2.05, 4.69) is 13.5 Å². The lowest BCUT2D eigenvalue weighted by molar-refractivity contribution is 0.385. The first-order valence-electron chi connectivity index (χ1n) is 2.66. The topological polar surface area (TPSA) is 12.5 Å². The standard InChI is InChI=1S/C6H10O/c1-3-5-6(4-2)7-5/h3,5-6H,1,4H2,2H3. The molecule has 1 saturated heterocycles. The van der Waals surface area contributed by atoms with Gasteiger partial charge in [-0.3, -0.25) is 0 Å². The van der Waals surface area contributed by atoms with Gasteiger partial charge in [-0.2, -0.15) is 0 Å². The first-order chi connectivity index (χ1) is 3.38. The maximum Gasteiger partial charge on any atom is 0.102 e. The van der Waals surface area contributed by atoms with Gasteiger partial charge < -0.3 is 4.74 Å². The molecular formula is C6H10O. The first-order valence-corrected chi connectivity index (χ1v) is 2.66. The molecule has 1 rings (SSSR count). The third-order valence-electron chi connectivity index (χ3n) is 1.26. The van der Waals surface area contributed by atoms with E-state index < -0.39 is 0 Å². The Morgan fingerprint density at radius 3 is 2.71 bits per heavy atom. The molecule has 0 radical (unpaired) electrons. The first kappa shape index (κ1) is 4.85. The van der Waals surface area contributed by atoms with Crippen LogP contribution in [0.4, 0.5) is 0 Å². The smallest absolute Gasteiger partial charge is 0.102 e. The number of ether oxygens (including phenoxy) is 1. The van der Waals surface area contributed by atoms with E-state index in [1.54, 1.807) is 0 Å². The maximum absolute atomic E-state index is 5.10. The zero-order valence-corrected chi connectivity index (χ0v) is 4.55. The largest absolute Gasteiger partial charge is 0.365 e. The van der Waals surface area contributed by atoms with Crippen LogP contribution in [-0.2, 0) is 4.74 Å². The Morgan fingerprint density at radius 2 is 2.57 bits per heavy atom. The van der Waals surface area contributed by atoms with Gasteiger partial charge in [0, 0.05) is 0 Å². The molecule has 7 heavy (non-hydrogen) atoms. The van der Waals surface area contributed by atoms with E-state index in [4.69, 9.17) is 4.74 Å². The van der Waals surface area contributed by atoms with Crippen molar-refractivity contribution in [3.05, 3.63) is 12.7 Å². The molecule has 0 aliphatic carbocycles. The lowest BCUT2D eigenvalue weighted by atomic mass is 10.3. The summed E-state index contributed by atoms with van der Waals surface area (Å²) in [7, 11) is 0. The lowest BCUT2D eigenvalue weighted by Crippen LogP contribution is -1.83. The molecule has 1 nitrogen and oxygen atoms in total. The fourth-order valence-corrected chi connectivity index (χ4v) is 0.692. The van der Waals surface area contributed by atoms with E-state index in [1.807, 2.05) is 6.08 Å². The van der Waals surface area contributed by atoms with Crippen LogP contribution in [-0.4, -0.2) is 12.2 Å². The van der Waals surface area contributed by atoms with E-state index in [9.17, 15) is 0 Å². The van der Waals surface area contributed by atoms with E-state index >= 15 is 0 Å². The molecule has 2 unspecified atom stereocenters. The molecule has 2 atom stereocenters. The Kier molecular flexibility index (Phi) is 1.15. The molecule has 0 spiro atoms. The highest BCUT2D eigenvalue weighted by Crippen LogP contribution is 2.24. The van der Waals surface area contributed by atoms with Crippen molar-refractivity contribution in [2.24, 2.45) is 0 Å². The Balaban J connectivity index is 2.17. The van der Waals surface area contributed by atoms with Crippen molar-refractivity contribution in [1.29, 1.82) is 0 Å². The fraction of sp³-hybridized carbons (Fsp3) is 0.667. The molecule has 1 heteroatoms. The summed E-state index contributed by atoms with van der Waals surface area (Å²) in [4.78, 5) is 0. The third-order valence-corrected chi connectivity index (χ3v) is 1.26. The minimum atomic E-state index is 0.380. The molecule has 1 fully saturated rings. The molecule has 0 aromatic carbocycles. The van der Waals surface area contributed by atoms with Crippen LogP contribution in [0.15, 0.2) is 12.7 Å². The molecule has 1 aliphatic rings. The molecule has 40 valence electrons.